The van der Waals surface area contributed by atoms with Crippen molar-refractivity contribution >= 4 is 22.6 Å². The van der Waals surface area contributed by atoms with Gasteiger partial charge in [-0.3, -0.25) is 4.79 Å². The Hall–Kier alpha value is -1.21. The summed E-state index contributed by atoms with van der Waals surface area (Å²) in [7, 11) is 0. The predicted octanol–water partition coefficient (Wildman–Crippen LogP) is 1.27. The van der Waals surface area contributed by atoms with Gasteiger partial charge in [0, 0.05) is 56.1 Å². The van der Waals surface area contributed by atoms with E-state index in [4.69, 9.17) is 5.73 Å². The summed E-state index contributed by atoms with van der Waals surface area (Å²) in [6.07, 6.45) is 4.66. The molecule has 1 saturated carbocycles. The first-order valence-electron chi connectivity index (χ1n) is 8.29. The van der Waals surface area contributed by atoms with Crippen LogP contribution in [0.3, 0.4) is 0 Å². The zero-order valence-electron chi connectivity index (χ0n) is 13.2. The number of amides is 1. The lowest BCUT2D eigenvalue weighted by Gasteiger charge is -2.24. The Balaban J connectivity index is 1.58. The lowest BCUT2D eigenvalue weighted by atomic mass is 10.1. The molecule has 6 nitrogen and oxygen atoms in total. The van der Waals surface area contributed by atoms with E-state index in [1.807, 2.05) is 4.90 Å². The highest BCUT2D eigenvalue weighted by Gasteiger charge is 2.32. The van der Waals surface area contributed by atoms with Gasteiger partial charge in [0.15, 0.2) is 0 Å². The van der Waals surface area contributed by atoms with Gasteiger partial charge in [-0.25, -0.2) is 4.98 Å². The maximum atomic E-state index is 12.6. The van der Waals surface area contributed by atoms with Gasteiger partial charge in [-0.15, -0.1) is 0 Å². The molecule has 0 bridgehead atoms. The van der Waals surface area contributed by atoms with Crippen LogP contribution in [0, 0.1) is 5.92 Å². The standard InChI is InChI=1S/C15H25N5OS/c1-2-13-17-15(22-18-13)20-7-3-6-19(8-9-20)14(21)11-4-5-12(16)10-11/h11-12H,2-10,16H2,1H3/t11-,12-/m1/s1. The average molecular weight is 323 g/mol. The molecule has 122 valence electrons. The second kappa shape index (κ2) is 6.91. The van der Waals surface area contributed by atoms with E-state index in [1.54, 1.807) is 0 Å². The van der Waals surface area contributed by atoms with Crippen molar-refractivity contribution in [2.45, 2.75) is 45.1 Å². The van der Waals surface area contributed by atoms with Crippen molar-refractivity contribution in [3.8, 4) is 0 Å². The fraction of sp³-hybridized carbons (Fsp3) is 0.800. The number of nitrogens with two attached hydrogens (primary N) is 1. The van der Waals surface area contributed by atoms with E-state index in [1.165, 1.54) is 11.5 Å². The SMILES string of the molecule is CCc1nsc(N2CCCN(C(=O)[C@@H]3CC[C@@H](N)C3)CC2)n1. The summed E-state index contributed by atoms with van der Waals surface area (Å²) in [5, 5.41) is 0.994. The van der Waals surface area contributed by atoms with Gasteiger partial charge >= 0.3 is 0 Å². The first kappa shape index (κ1) is 15.7. The summed E-state index contributed by atoms with van der Waals surface area (Å²) in [6.45, 7) is 5.50. The molecule has 7 heteroatoms. The highest BCUT2D eigenvalue weighted by molar-refractivity contribution is 7.09. The van der Waals surface area contributed by atoms with E-state index in [2.05, 4.69) is 21.2 Å². The van der Waals surface area contributed by atoms with Crippen LogP contribution in [0.5, 0.6) is 0 Å². The van der Waals surface area contributed by atoms with Gasteiger partial charge in [0.1, 0.15) is 5.82 Å². The number of nitrogens with zero attached hydrogens (tertiary/aromatic N) is 4. The molecule has 1 aromatic heterocycles. The second-order valence-corrected chi connectivity index (χ2v) is 7.01. The van der Waals surface area contributed by atoms with Gasteiger partial charge in [-0.05, 0) is 25.7 Å². The summed E-state index contributed by atoms with van der Waals surface area (Å²) in [6, 6.07) is 0.214. The zero-order valence-corrected chi connectivity index (χ0v) is 14.0. The zero-order chi connectivity index (χ0) is 15.5. The largest absolute Gasteiger partial charge is 0.345 e. The van der Waals surface area contributed by atoms with Gasteiger partial charge in [0.2, 0.25) is 11.0 Å². The Morgan fingerprint density at radius 2 is 2.18 bits per heavy atom. The monoisotopic (exact) mass is 323 g/mol. The van der Waals surface area contributed by atoms with Crippen LogP contribution in [0.25, 0.3) is 0 Å². The van der Waals surface area contributed by atoms with Crippen LogP contribution in [0.15, 0.2) is 0 Å². The number of aromatic nitrogens is 2. The molecule has 1 aromatic rings. The van der Waals surface area contributed by atoms with Crippen molar-refractivity contribution in [2.75, 3.05) is 31.1 Å². The number of carbonyl (C=O) groups excluding carboxylic acids is 1. The molecule has 0 radical (unpaired) electrons. The molecule has 2 aliphatic rings. The maximum Gasteiger partial charge on any atom is 0.225 e. The number of carbonyl (C=O) groups is 1. The van der Waals surface area contributed by atoms with Crippen LogP contribution in [0.1, 0.15) is 38.4 Å². The third kappa shape index (κ3) is 3.41. The van der Waals surface area contributed by atoms with Crippen molar-refractivity contribution in [1.82, 2.24) is 14.3 Å². The molecule has 2 heterocycles. The molecule has 1 aliphatic heterocycles. The van der Waals surface area contributed by atoms with Crippen LogP contribution < -0.4 is 10.6 Å². The quantitative estimate of drug-likeness (QED) is 0.906. The summed E-state index contributed by atoms with van der Waals surface area (Å²) in [5.74, 6) is 1.37. The minimum atomic E-state index is 0.148. The van der Waals surface area contributed by atoms with Crippen LogP contribution in [0.4, 0.5) is 5.13 Å². The Morgan fingerprint density at radius 1 is 1.32 bits per heavy atom. The molecule has 2 atom stereocenters. The van der Waals surface area contributed by atoms with Gasteiger partial charge in [-0.1, -0.05) is 6.92 Å². The fourth-order valence-electron chi connectivity index (χ4n) is 3.34. The lowest BCUT2D eigenvalue weighted by Crippen LogP contribution is -2.38. The van der Waals surface area contributed by atoms with Gasteiger partial charge in [-0.2, -0.15) is 4.37 Å². The van der Waals surface area contributed by atoms with Gasteiger partial charge < -0.3 is 15.5 Å². The van der Waals surface area contributed by atoms with Crippen LogP contribution in [0.2, 0.25) is 0 Å². The molecule has 1 amide bonds. The first-order chi connectivity index (χ1) is 10.7. The van der Waals surface area contributed by atoms with Crippen LogP contribution in [-0.2, 0) is 11.2 Å². The average Bonchev–Trinajstić information content (AvgIpc) is 3.10. The smallest absolute Gasteiger partial charge is 0.225 e. The lowest BCUT2D eigenvalue weighted by molar-refractivity contribution is -0.135. The van der Waals surface area contributed by atoms with Crippen molar-refractivity contribution in [3.63, 3.8) is 0 Å². The number of anilines is 1. The molecule has 3 rings (SSSR count). The van der Waals surface area contributed by atoms with Crippen molar-refractivity contribution in [1.29, 1.82) is 0 Å². The van der Waals surface area contributed by atoms with E-state index < -0.39 is 0 Å². The molecule has 2 N–H and O–H groups in total. The van der Waals surface area contributed by atoms with Crippen molar-refractivity contribution in [3.05, 3.63) is 5.82 Å². The highest BCUT2D eigenvalue weighted by Crippen LogP contribution is 2.27. The minimum absolute atomic E-state index is 0.148. The number of rotatable bonds is 3. The predicted molar refractivity (Wildman–Crippen MR) is 88.0 cm³/mol. The third-order valence-corrected chi connectivity index (χ3v) is 5.49. The molecule has 22 heavy (non-hydrogen) atoms. The third-order valence-electron chi connectivity index (χ3n) is 4.67. The molecule has 1 aliphatic carbocycles. The summed E-state index contributed by atoms with van der Waals surface area (Å²) in [4.78, 5) is 21.5. The number of hydrogen-bond acceptors (Lipinski definition) is 6. The molecule has 0 unspecified atom stereocenters. The van der Waals surface area contributed by atoms with E-state index >= 15 is 0 Å². The molecular formula is C15H25N5OS. The number of aryl methyl sites for hydroxylation is 1. The summed E-state index contributed by atoms with van der Waals surface area (Å²) in [5.41, 5.74) is 5.94. The number of hydrogen-bond donors (Lipinski definition) is 1. The summed E-state index contributed by atoms with van der Waals surface area (Å²) >= 11 is 1.47. The molecule has 1 saturated heterocycles. The van der Waals surface area contributed by atoms with E-state index in [0.717, 1.165) is 69.2 Å². The van der Waals surface area contributed by atoms with Crippen molar-refractivity contribution < 1.29 is 4.79 Å². The van der Waals surface area contributed by atoms with E-state index in [9.17, 15) is 4.79 Å². The molecule has 2 fully saturated rings. The van der Waals surface area contributed by atoms with E-state index in [-0.39, 0.29) is 12.0 Å². The Kier molecular flexibility index (Phi) is 4.93. The summed E-state index contributed by atoms with van der Waals surface area (Å²) < 4.78 is 4.36. The highest BCUT2D eigenvalue weighted by atomic mass is 32.1. The van der Waals surface area contributed by atoms with Crippen LogP contribution in [-0.4, -0.2) is 52.4 Å². The Labute approximate surface area is 135 Å². The van der Waals surface area contributed by atoms with Gasteiger partial charge in [0.05, 0.1) is 0 Å². The van der Waals surface area contributed by atoms with Crippen LogP contribution >= 0.6 is 11.5 Å². The maximum absolute atomic E-state index is 12.6. The van der Waals surface area contributed by atoms with Crippen molar-refractivity contribution in [2.24, 2.45) is 11.7 Å². The first-order valence-corrected chi connectivity index (χ1v) is 9.06. The second-order valence-electron chi connectivity index (χ2n) is 6.28. The molecule has 0 aromatic carbocycles. The fourth-order valence-corrected chi connectivity index (χ4v) is 4.15. The molecular weight excluding hydrogens is 298 g/mol. The Bertz CT molecular complexity index is 520. The Morgan fingerprint density at radius 3 is 2.86 bits per heavy atom. The van der Waals surface area contributed by atoms with Gasteiger partial charge in [0.25, 0.3) is 0 Å². The normalized spacial score (nSPS) is 26.3. The molecule has 0 spiro atoms. The minimum Gasteiger partial charge on any atom is -0.345 e. The topological polar surface area (TPSA) is 75.4 Å². The van der Waals surface area contributed by atoms with E-state index in [0.29, 0.717) is 5.91 Å².